The van der Waals surface area contributed by atoms with Gasteiger partial charge in [-0.05, 0) is 25.2 Å². The summed E-state index contributed by atoms with van der Waals surface area (Å²) in [6.07, 6.45) is 2.58. The van der Waals surface area contributed by atoms with E-state index in [-0.39, 0.29) is 16.6 Å². The van der Waals surface area contributed by atoms with E-state index in [1.54, 1.807) is 0 Å². The zero-order valence-corrected chi connectivity index (χ0v) is 11.8. The molecular weight excluding hydrogens is 244 g/mol. The standard InChI is InChI=1S/C15H20O4/c1-8-10(16)12(18)9(13(19)11(8)17)15(4)7-5-6-14(15,2)3/h16,19H,5-7H2,1-4H3. The van der Waals surface area contributed by atoms with E-state index < -0.39 is 28.5 Å². The molecule has 2 aliphatic rings. The molecule has 4 heteroatoms. The molecule has 0 amide bonds. The second kappa shape index (κ2) is 3.95. The molecule has 4 nitrogen and oxygen atoms in total. The van der Waals surface area contributed by atoms with Crippen LogP contribution in [0.1, 0.15) is 47.0 Å². The van der Waals surface area contributed by atoms with Crippen molar-refractivity contribution in [2.45, 2.75) is 47.0 Å². The summed E-state index contributed by atoms with van der Waals surface area (Å²) in [5.41, 5.74) is -0.773. The van der Waals surface area contributed by atoms with Gasteiger partial charge in [-0.15, -0.1) is 0 Å². The van der Waals surface area contributed by atoms with Gasteiger partial charge in [0.05, 0.1) is 5.57 Å². The maximum Gasteiger partial charge on any atom is 0.228 e. The third-order valence-electron chi connectivity index (χ3n) is 5.11. The van der Waals surface area contributed by atoms with Crippen molar-refractivity contribution in [2.24, 2.45) is 10.8 Å². The van der Waals surface area contributed by atoms with Gasteiger partial charge < -0.3 is 10.2 Å². The molecule has 2 aliphatic carbocycles. The highest BCUT2D eigenvalue weighted by atomic mass is 16.3. The van der Waals surface area contributed by atoms with Crippen molar-refractivity contribution in [1.29, 1.82) is 0 Å². The SMILES string of the molecule is CC1=C(O)C(=O)C(C2(C)CCCC2(C)C)=C(O)C1=O. The fourth-order valence-electron chi connectivity index (χ4n) is 3.27. The van der Waals surface area contributed by atoms with Gasteiger partial charge in [-0.2, -0.15) is 0 Å². The van der Waals surface area contributed by atoms with Gasteiger partial charge in [0.25, 0.3) is 0 Å². The lowest BCUT2D eigenvalue weighted by atomic mass is 9.62. The second-order valence-electron chi connectivity index (χ2n) is 6.43. The third-order valence-corrected chi connectivity index (χ3v) is 5.11. The van der Waals surface area contributed by atoms with Gasteiger partial charge in [0.1, 0.15) is 0 Å². The Bertz CT molecular complexity index is 536. The van der Waals surface area contributed by atoms with E-state index >= 15 is 0 Å². The molecule has 0 radical (unpaired) electrons. The van der Waals surface area contributed by atoms with Crippen LogP contribution in [0.15, 0.2) is 22.7 Å². The summed E-state index contributed by atoms with van der Waals surface area (Å²) in [5, 5.41) is 19.9. The number of aliphatic hydroxyl groups excluding tert-OH is 2. The number of rotatable bonds is 1. The molecular formula is C15H20O4. The summed E-state index contributed by atoms with van der Waals surface area (Å²) >= 11 is 0. The van der Waals surface area contributed by atoms with Crippen molar-refractivity contribution < 1.29 is 19.8 Å². The Kier molecular flexibility index (Phi) is 2.88. The van der Waals surface area contributed by atoms with Gasteiger partial charge in [-0.3, -0.25) is 9.59 Å². The predicted octanol–water partition coefficient (Wildman–Crippen LogP) is 3.00. The van der Waals surface area contributed by atoms with Crippen LogP contribution in [-0.2, 0) is 9.59 Å². The number of Topliss-reactive ketones (excluding diaryl/α,β-unsaturated/α-hetero) is 2. The maximum absolute atomic E-state index is 12.3. The van der Waals surface area contributed by atoms with Crippen LogP contribution in [0.4, 0.5) is 0 Å². The molecule has 0 aromatic heterocycles. The molecule has 1 fully saturated rings. The van der Waals surface area contributed by atoms with Gasteiger partial charge in [0.15, 0.2) is 11.5 Å². The van der Waals surface area contributed by atoms with Gasteiger partial charge in [0.2, 0.25) is 11.6 Å². The number of aliphatic hydroxyl groups is 2. The van der Waals surface area contributed by atoms with E-state index in [4.69, 9.17) is 0 Å². The molecule has 0 heterocycles. The largest absolute Gasteiger partial charge is 0.504 e. The lowest BCUT2D eigenvalue weighted by Gasteiger charge is -2.40. The average Bonchev–Trinajstić information content (AvgIpc) is 2.59. The van der Waals surface area contributed by atoms with Crippen LogP contribution in [0.25, 0.3) is 0 Å². The zero-order valence-electron chi connectivity index (χ0n) is 11.8. The Balaban J connectivity index is 2.63. The zero-order chi connectivity index (χ0) is 14.6. The summed E-state index contributed by atoms with van der Waals surface area (Å²) in [6, 6.07) is 0. The Hall–Kier alpha value is -1.58. The van der Waals surface area contributed by atoms with Crippen molar-refractivity contribution in [1.82, 2.24) is 0 Å². The molecule has 0 saturated heterocycles. The van der Waals surface area contributed by atoms with Crippen molar-refractivity contribution in [3.05, 3.63) is 22.7 Å². The predicted molar refractivity (Wildman–Crippen MR) is 70.7 cm³/mol. The topological polar surface area (TPSA) is 74.6 Å². The monoisotopic (exact) mass is 264 g/mol. The molecule has 0 spiro atoms. The first kappa shape index (κ1) is 13.8. The summed E-state index contributed by atoms with van der Waals surface area (Å²) in [4.78, 5) is 24.2. The second-order valence-corrected chi connectivity index (χ2v) is 6.43. The Morgan fingerprint density at radius 2 is 1.53 bits per heavy atom. The minimum Gasteiger partial charge on any atom is -0.504 e. The first-order valence-corrected chi connectivity index (χ1v) is 6.56. The fraction of sp³-hybridized carbons (Fsp3) is 0.600. The molecule has 0 bridgehead atoms. The van der Waals surface area contributed by atoms with Crippen LogP contribution in [0.5, 0.6) is 0 Å². The van der Waals surface area contributed by atoms with Crippen molar-refractivity contribution in [3.63, 3.8) is 0 Å². The highest BCUT2D eigenvalue weighted by molar-refractivity contribution is 6.23. The van der Waals surface area contributed by atoms with Crippen LogP contribution < -0.4 is 0 Å². The van der Waals surface area contributed by atoms with Crippen LogP contribution in [0, 0.1) is 10.8 Å². The Morgan fingerprint density at radius 1 is 0.947 bits per heavy atom. The number of hydrogen-bond donors (Lipinski definition) is 2. The third kappa shape index (κ3) is 1.66. The summed E-state index contributed by atoms with van der Waals surface area (Å²) in [5.74, 6) is -2.26. The van der Waals surface area contributed by atoms with E-state index in [1.807, 2.05) is 20.8 Å². The molecule has 0 aromatic rings. The van der Waals surface area contributed by atoms with Crippen LogP contribution >= 0.6 is 0 Å². The average molecular weight is 264 g/mol. The van der Waals surface area contributed by atoms with Crippen LogP contribution in [0.3, 0.4) is 0 Å². The number of hydrogen-bond acceptors (Lipinski definition) is 4. The summed E-state index contributed by atoms with van der Waals surface area (Å²) in [7, 11) is 0. The maximum atomic E-state index is 12.3. The van der Waals surface area contributed by atoms with E-state index in [1.165, 1.54) is 6.92 Å². The molecule has 2 N–H and O–H groups in total. The highest BCUT2D eigenvalue weighted by Crippen LogP contribution is 2.58. The molecule has 0 aliphatic heterocycles. The van der Waals surface area contributed by atoms with Gasteiger partial charge in [0, 0.05) is 11.0 Å². The number of carbonyl (C=O) groups is 2. The molecule has 0 aromatic carbocycles. The molecule has 19 heavy (non-hydrogen) atoms. The number of ketones is 2. The van der Waals surface area contributed by atoms with Crippen LogP contribution in [0.2, 0.25) is 0 Å². The Labute approximate surface area is 112 Å². The van der Waals surface area contributed by atoms with Gasteiger partial charge >= 0.3 is 0 Å². The summed E-state index contributed by atoms with van der Waals surface area (Å²) < 4.78 is 0. The van der Waals surface area contributed by atoms with Crippen LogP contribution in [-0.4, -0.2) is 21.8 Å². The van der Waals surface area contributed by atoms with E-state index in [0.29, 0.717) is 0 Å². The minimum atomic E-state index is -0.643. The fourth-order valence-corrected chi connectivity index (χ4v) is 3.27. The lowest BCUT2D eigenvalue weighted by Crippen LogP contribution is -2.39. The molecule has 1 atom stereocenters. The van der Waals surface area contributed by atoms with E-state index in [9.17, 15) is 19.8 Å². The first-order chi connectivity index (χ1) is 8.63. The number of allylic oxidation sites excluding steroid dienone is 2. The van der Waals surface area contributed by atoms with E-state index in [0.717, 1.165) is 19.3 Å². The quantitative estimate of drug-likeness (QED) is 0.714. The van der Waals surface area contributed by atoms with Gasteiger partial charge in [-0.1, -0.05) is 27.2 Å². The Morgan fingerprint density at radius 3 is 2.00 bits per heavy atom. The minimum absolute atomic E-state index is 0.0781. The molecule has 104 valence electrons. The first-order valence-electron chi connectivity index (χ1n) is 6.56. The smallest absolute Gasteiger partial charge is 0.228 e. The highest BCUT2D eigenvalue weighted by Gasteiger charge is 2.53. The van der Waals surface area contributed by atoms with Crippen molar-refractivity contribution in [3.8, 4) is 0 Å². The summed E-state index contributed by atoms with van der Waals surface area (Å²) in [6.45, 7) is 7.30. The van der Waals surface area contributed by atoms with Crippen molar-refractivity contribution in [2.75, 3.05) is 0 Å². The number of carbonyl (C=O) groups excluding carboxylic acids is 2. The molecule has 2 rings (SSSR count). The van der Waals surface area contributed by atoms with Gasteiger partial charge in [-0.25, -0.2) is 0 Å². The van der Waals surface area contributed by atoms with E-state index in [2.05, 4.69) is 0 Å². The molecule has 1 saturated carbocycles. The lowest BCUT2D eigenvalue weighted by molar-refractivity contribution is -0.121. The molecule has 1 unspecified atom stereocenters. The normalized spacial score (nSPS) is 31.4. The van der Waals surface area contributed by atoms with Crippen molar-refractivity contribution >= 4 is 11.6 Å².